The molecule has 0 aromatic heterocycles. The van der Waals surface area contributed by atoms with Gasteiger partial charge in [-0.2, -0.15) is 0 Å². The molecule has 3 aliphatic rings. The van der Waals surface area contributed by atoms with Crippen molar-refractivity contribution in [3.63, 3.8) is 0 Å². The molecule has 1 amide bonds. The van der Waals surface area contributed by atoms with Crippen molar-refractivity contribution in [2.75, 3.05) is 11.4 Å². The van der Waals surface area contributed by atoms with Crippen molar-refractivity contribution in [3.8, 4) is 0 Å². The minimum atomic E-state index is -0.261. The van der Waals surface area contributed by atoms with Gasteiger partial charge < -0.3 is 4.90 Å². The molecule has 2 bridgehead atoms. The van der Waals surface area contributed by atoms with Gasteiger partial charge in [0.1, 0.15) is 5.82 Å². The second kappa shape index (κ2) is 3.23. The zero-order valence-corrected chi connectivity index (χ0v) is 8.84. The molecule has 2 atom stereocenters. The number of carbonyl (C=O) groups is 1. The molecule has 78 valence electrons. The average molecular weight is 223 g/mol. The first kappa shape index (κ1) is 9.21. The normalized spacial score (nSPS) is 28.9. The Hall–Kier alpha value is -1.03. The first-order valence-electron chi connectivity index (χ1n) is 4.96. The smallest absolute Gasteiger partial charge is 0.240 e. The van der Waals surface area contributed by atoms with Gasteiger partial charge in [-0.25, -0.2) is 4.39 Å². The minimum Gasteiger partial charge on any atom is -0.310 e. The number of halogens is 1. The van der Waals surface area contributed by atoms with E-state index >= 15 is 0 Å². The zero-order chi connectivity index (χ0) is 10.4. The van der Waals surface area contributed by atoms with Crippen LogP contribution < -0.4 is 4.90 Å². The molecule has 2 nitrogen and oxygen atoms in total. The maximum Gasteiger partial charge on any atom is 0.240 e. The summed E-state index contributed by atoms with van der Waals surface area (Å²) in [5.74, 6) is -0.0862. The quantitative estimate of drug-likeness (QED) is 0.726. The van der Waals surface area contributed by atoms with Crippen LogP contribution in [0.2, 0.25) is 0 Å². The van der Waals surface area contributed by atoms with Gasteiger partial charge in [0.25, 0.3) is 0 Å². The molecule has 3 saturated heterocycles. The second-order valence-electron chi connectivity index (χ2n) is 3.91. The number of fused-ring (bicyclic) bond motifs is 2. The molecule has 0 radical (unpaired) electrons. The first-order chi connectivity index (χ1) is 7.24. The molecular formula is C11H10FNOS. The van der Waals surface area contributed by atoms with Gasteiger partial charge in [0.15, 0.2) is 0 Å². The van der Waals surface area contributed by atoms with Crippen LogP contribution in [0.4, 0.5) is 10.1 Å². The Morgan fingerprint density at radius 1 is 1.33 bits per heavy atom. The maximum atomic E-state index is 12.7. The molecule has 3 aliphatic heterocycles. The molecular weight excluding hydrogens is 213 g/mol. The van der Waals surface area contributed by atoms with E-state index in [1.165, 1.54) is 12.1 Å². The number of amides is 1. The van der Waals surface area contributed by atoms with Gasteiger partial charge in [0, 0.05) is 17.5 Å². The number of carbonyl (C=O) groups excluding carboxylic acids is 1. The summed E-state index contributed by atoms with van der Waals surface area (Å²) in [5, 5.41) is 0.728. The summed E-state index contributed by atoms with van der Waals surface area (Å²) in [4.78, 5) is 13.6. The van der Waals surface area contributed by atoms with Crippen molar-refractivity contribution in [3.05, 3.63) is 30.1 Å². The fraction of sp³-hybridized carbons (Fsp3) is 0.364. The average Bonchev–Trinajstić information content (AvgIpc) is 2.18. The molecule has 0 saturated carbocycles. The third kappa shape index (κ3) is 1.44. The SMILES string of the molecule is O=C1C2CC(CN1c1ccc(F)cc1)S2. The van der Waals surface area contributed by atoms with E-state index in [0.717, 1.165) is 18.7 Å². The fourth-order valence-corrected chi connectivity index (χ4v) is 3.29. The largest absolute Gasteiger partial charge is 0.310 e. The highest BCUT2D eigenvalue weighted by Gasteiger charge is 2.44. The molecule has 4 heteroatoms. The highest BCUT2D eigenvalue weighted by molar-refractivity contribution is 8.02. The third-order valence-electron chi connectivity index (χ3n) is 2.90. The van der Waals surface area contributed by atoms with Crippen LogP contribution in [-0.2, 0) is 4.79 Å². The Morgan fingerprint density at radius 3 is 2.60 bits per heavy atom. The van der Waals surface area contributed by atoms with Crippen LogP contribution in [0.5, 0.6) is 0 Å². The summed E-state index contributed by atoms with van der Waals surface area (Å²) in [6.07, 6.45) is 1.02. The van der Waals surface area contributed by atoms with Crippen molar-refractivity contribution in [2.45, 2.75) is 16.9 Å². The van der Waals surface area contributed by atoms with Crippen molar-refractivity contribution in [1.29, 1.82) is 0 Å². The fourth-order valence-electron chi connectivity index (χ4n) is 2.06. The summed E-state index contributed by atoms with van der Waals surface area (Å²) >= 11 is 1.76. The monoisotopic (exact) mass is 223 g/mol. The highest BCUT2D eigenvalue weighted by Crippen LogP contribution is 2.43. The number of hydrogen-bond acceptors (Lipinski definition) is 2. The van der Waals surface area contributed by atoms with E-state index in [1.807, 2.05) is 0 Å². The zero-order valence-electron chi connectivity index (χ0n) is 8.02. The van der Waals surface area contributed by atoms with E-state index in [9.17, 15) is 9.18 Å². The van der Waals surface area contributed by atoms with Gasteiger partial charge in [0.05, 0.1) is 5.25 Å². The number of anilines is 1. The van der Waals surface area contributed by atoms with E-state index < -0.39 is 0 Å². The Kier molecular flexibility index (Phi) is 1.99. The summed E-state index contributed by atoms with van der Waals surface area (Å²) in [7, 11) is 0. The molecule has 2 unspecified atom stereocenters. The number of piperidine rings is 1. The topological polar surface area (TPSA) is 20.3 Å². The van der Waals surface area contributed by atoms with Crippen LogP contribution in [0, 0.1) is 5.82 Å². The van der Waals surface area contributed by atoms with Crippen LogP contribution in [0.1, 0.15) is 6.42 Å². The lowest BCUT2D eigenvalue weighted by molar-refractivity contribution is -0.119. The highest BCUT2D eigenvalue weighted by atomic mass is 32.2. The molecule has 1 aromatic rings. The van der Waals surface area contributed by atoms with E-state index in [0.29, 0.717) is 5.25 Å². The summed E-state index contributed by atoms with van der Waals surface area (Å²) in [5.41, 5.74) is 0.816. The third-order valence-corrected chi connectivity index (χ3v) is 4.35. The predicted molar refractivity (Wildman–Crippen MR) is 58.5 cm³/mol. The van der Waals surface area contributed by atoms with Crippen LogP contribution >= 0.6 is 11.8 Å². The molecule has 0 aliphatic carbocycles. The van der Waals surface area contributed by atoms with Crippen LogP contribution in [0.15, 0.2) is 24.3 Å². The number of hydrogen-bond donors (Lipinski definition) is 0. The van der Waals surface area contributed by atoms with Gasteiger partial charge >= 0.3 is 0 Å². The lowest BCUT2D eigenvalue weighted by atomic mass is 10.1. The van der Waals surface area contributed by atoms with Gasteiger partial charge in [-0.15, -0.1) is 11.8 Å². The van der Waals surface area contributed by atoms with Crippen molar-refractivity contribution < 1.29 is 9.18 Å². The maximum absolute atomic E-state index is 12.7. The number of benzene rings is 1. The number of rotatable bonds is 1. The van der Waals surface area contributed by atoms with Gasteiger partial charge in [0.2, 0.25) is 5.91 Å². The van der Waals surface area contributed by atoms with E-state index in [2.05, 4.69) is 0 Å². The molecule has 3 heterocycles. The molecule has 0 spiro atoms. The standard InChI is InChI=1S/C11H10FNOS/c12-7-1-3-8(4-2-7)13-6-9-5-10(15-9)11(13)14/h1-4,9-10H,5-6H2. The Labute approximate surface area is 91.5 Å². The minimum absolute atomic E-state index is 0.147. The Morgan fingerprint density at radius 2 is 2.00 bits per heavy atom. The molecule has 1 aromatic carbocycles. The van der Waals surface area contributed by atoms with Crippen LogP contribution in [0.3, 0.4) is 0 Å². The molecule has 4 rings (SSSR count). The predicted octanol–water partition coefficient (Wildman–Crippen LogP) is 2.05. The van der Waals surface area contributed by atoms with E-state index in [-0.39, 0.29) is 17.0 Å². The van der Waals surface area contributed by atoms with Crippen molar-refractivity contribution >= 4 is 23.4 Å². The molecule has 0 N–H and O–H groups in total. The Balaban J connectivity index is 1.88. The van der Waals surface area contributed by atoms with Crippen LogP contribution in [0.25, 0.3) is 0 Å². The molecule has 3 fully saturated rings. The number of thioether (sulfide) groups is 1. The summed E-state index contributed by atoms with van der Waals surface area (Å²) in [6, 6.07) is 6.14. The van der Waals surface area contributed by atoms with Gasteiger partial charge in [-0.1, -0.05) is 0 Å². The number of nitrogens with zero attached hydrogens (tertiary/aromatic N) is 1. The van der Waals surface area contributed by atoms with E-state index in [1.54, 1.807) is 28.8 Å². The summed E-state index contributed by atoms with van der Waals surface area (Å²) in [6.45, 7) is 0.769. The Bertz CT molecular complexity index is 400. The summed E-state index contributed by atoms with van der Waals surface area (Å²) < 4.78 is 12.7. The van der Waals surface area contributed by atoms with Gasteiger partial charge in [-0.05, 0) is 30.7 Å². The van der Waals surface area contributed by atoms with Crippen LogP contribution in [-0.4, -0.2) is 23.0 Å². The molecule has 15 heavy (non-hydrogen) atoms. The second-order valence-corrected chi connectivity index (χ2v) is 5.42. The van der Waals surface area contributed by atoms with Crippen molar-refractivity contribution in [1.82, 2.24) is 0 Å². The van der Waals surface area contributed by atoms with Gasteiger partial charge in [-0.3, -0.25) is 4.79 Å². The lowest BCUT2D eigenvalue weighted by Gasteiger charge is -2.45. The van der Waals surface area contributed by atoms with Crippen molar-refractivity contribution in [2.24, 2.45) is 0 Å². The first-order valence-corrected chi connectivity index (χ1v) is 5.91. The van der Waals surface area contributed by atoms with E-state index in [4.69, 9.17) is 0 Å². The lowest BCUT2D eigenvalue weighted by Crippen LogP contribution is -2.55.